The highest BCUT2D eigenvalue weighted by molar-refractivity contribution is 7.91. The summed E-state index contributed by atoms with van der Waals surface area (Å²) < 4.78 is 44.8. The fourth-order valence-corrected chi connectivity index (χ4v) is 9.19. The van der Waals surface area contributed by atoms with Crippen LogP contribution in [-0.2, 0) is 41.6 Å². The highest BCUT2D eigenvalue weighted by atomic mass is 32.2. The molecule has 2 atom stereocenters. The number of aliphatic hydroxyl groups is 2. The number of benzene rings is 2. The Balaban J connectivity index is 1.48. The maximum absolute atomic E-state index is 15.8. The van der Waals surface area contributed by atoms with Crippen LogP contribution in [0.15, 0.2) is 60.9 Å². The maximum Gasteiger partial charge on any atom is 0.176 e. The number of sulfone groups is 1. The molecule has 0 saturated carbocycles. The van der Waals surface area contributed by atoms with E-state index in [9.17, 15) is 18.6 Å². The van der Waals surface area contributed by atoms with Crippen molar-refractivity contribution in [3.8, 4) is 11.5 Å². The van der Waals surface area contributed by atoms with Crippen LogP contribution < -0.4 is 0 Å². The highest BCUT2D eigenvalue weighted by Crippen LogP contribution is 2.39. The van der Waals surface area contributed by atoms with Gasteiger partial charge in [0.15, 0.2) is 21.5 Å². The van der Waals surface area contributed by atoms with E-state index >= 15 is 4.39 Å². The minimum Gasteiger partial charge on any atom is -0.394 e. The molecule has 0 radical (unpaired) electrons. The number of hydrogen-bond acceptors (Lipinski definition) is 7. The third kappa shape index (κ3) is 7.09. The van der Waals surface area contributed by atoms with Gasteiger partial charge in [0.2, 0.25) is 0 Å². The highest BCUT2D eigenvalue weighted by Gasteiger charge is 2.36. The number of nitrogens with zero attached hydrogens (tertiary/aromatic N) is 4. The van der Waals surface area contributed by atoms with Gasteiger partial charge < -0.3 is 15.2 Å². The Morgan fingerprint density at radius 2 is 1.90 bits per heavy atom. The summed E-state index contributed by atoms with van der Waals surface area (Å²) in [7, 11) is -1.65. The van der Waals surface area contributed by atoms with Crippen LogP contribution in [0.3, 0.4) is 0 Å². The second-order valence-electron chi connectivity index (χ2n) is 14.3. The van der Waals surface area contributed by atoms with E-state index in [4.69, 9.17) is 10.1 Å². The van der Waals surface area contributed by atoms with Gasteiger partial charge in [-0.2, -0.15) is 5.10 Å². The van der Waals surface area contributed by atoms with Gasteiger partial charge in [-0.25, -0.2) is 22.5 Å². The number of aliphatic hydroxyl groups excluding tert-OH is 2. The molecule has 254 valence electrons. The molecule has 4 bridgehead atoms. The minimum absolute atomic E-state index is 0.0197. The monoisotopic (exact) mass is 673 g/mol. The fraction of sp³-hybridized carbons (Fsp3) is 0.432. The Morgan fingerprint density at radius 1 is 1.08 bits per heavy atom. The predicted octanol–water partition coefficient (Wildman–Crippen LogP) is 5.46. The minimum atomic E-state index is -3.49. The second-order valence-corrected chi connectivity index (χ2v) is 16.5. The molecule has 3 N–H and O–H groups in total. The van der Waals surface area contributed by atoms with E-state index in [1.165, 1.54) is 6.07 Å². The zero-order valence-corrected chi connectivity index (χ0v) is 28.8. The molecule has 0 fully saturated rings. The standard InChI is InChI=1S/C37H44FN5O4S/c1-36(2)12-6-13-37(3,26-8-5-7-24(17-26)18-27(45)22-44)35-41-34(43(4)42-35)33-20-25(9-14-40-33)19-30-28(11-16-48(46,47)23-36)29-10-15-39-32(29)21-31(30)38/h5,7-10,14-15,17,20-21,27,39,44-45H,6,11-13,16,18-19,22-23H2,1-4H3/t27-,37-/m1/s1. The van der Waals surface area contributed by atoms with Crippen molar-refractivity contribution < 1.29 is 23.0 Å². The molecule has 48 heavy (non-hydrogen) atoms. The summed E-state index contributed by atoms with van der Waals surface area (Å²) in [6, 6.07) is 15.0. The van der Waals surface area contributed by atoms with Crippen molar-refractivity contribution in [3.05, 3.63) is 100 Å². The van der Waals surface area contributed by atoms with Gasteiger partial charge in [-0.3, -0.25) is 4.98 Å². The van der Waals surface area contributed by atoms with Gasteiger partial charge in [0, 0.05) is 43.2 Å². The van der Waals surface area contributed by atoms with E-state index < -0.39 is 26.8 Å². The third-order valence-corrected chi connectivity index (χ3v) is 11.8. The summed E-state index contributed by atoms with van der Waals surface area (Å²) in [5.41, 5.74) is 3.95. The molecular formula is C37H44FN5O4S. The average Bonchev–Trinajstić information content (AvgIpc) is 3.66. The lowest BCUT2D eigenvalue weighted by molar-refractivity contribution is 0.0955. The average molecular weight is 674 g/mol. The van der Waals surface area contributed by atoms with Gasteiger partial charge in [0.25, 0.3) is 0 Å². The van der Waals surface area contributed by atoms with Crippen LogP contribution >= 0.6 is 0 Å². The van der Waals surface area contributed by atoms with Crippen LogP contribution in [0, 0.1) is 11.2 Å². The first-order valence-electron chi connectivity index (χ1n) is 16.5. The van der Waals surface area contributed by atoms with E-state index in [1.807, 2.05) is 63.4 Å². The maximum atomic E-state index is 15.8. The van der Waals surface area contributed by atoms with Gasteiger partial charge >= 0.3 is 0 Å². The molecule has 6 rings (SSSR count). The molecule has 0 aliphatic carbocycles. The Morgan fingerprint density at radius 3 is 2.69 bits per heavy atom. The van der Waals surface area contributed by atoms with Crippen molar-refractivity contribution in [2.75, 3.05) is 18.1 Å². The zero-order chi connectivity index (χ0) is 34.3. The molecule has 0 spiro atoms. The number of hydrogen-bond donors (Lipinski definition) is 3. The number of nitrogens with one attached hydrogen (secondary N) is 1. The van der Waals surface area contributed by atoms with E-state index in [0.29, 0.717) is 59.7 Å². The number of pyridine rings is 1. The van der Waals surface area contributed by atoms with Crippen LogP contribution in [0.2, 0.25) is 0 Å². The van der Waals surface area contributed by atoms with E-state index in [2.05, 4.69) is 16.9 Å². The van der Waals surface area contributed by atoms with Gasteiger partial charge in [0.1, 0.15) is 11.5 Å². The van der Waals surface area contributed by atoms with Crippen molar-refractivity contribution in [2.45, 2.75) is 70.8 Å². The van der Waals surface area contributed by atoms with Crippen molar-refractivity contribution in [3.63, 3.8) is 0 Å². The first-order chi connectivity index (χ1) is 22.8. The largest absolute Gasteiger partial charge is 0.394 e. The summed E-state index contributed by atoms with van der Waals surface area (Å²) in [5, 5.41) is 25.3. The zero-order valence-electron chi connectivity index (χ0n) is 28.0. The first kappa shape index (κ1) is 34.0. The third-order valence-electron chi connectivity index (χ3n) is 9.77. The first-order valence-corrected chi connectivity index (χ1v) is 18.3. The van der Waals surface area contributed by atoms with Crippen molar-refractivity contribution in [2.24, 2.45) is 12.5 Å². The Labute approximate surface area is 281 Å². The molecule has 2 aromatic carbocycles. The molecule has 11 heteroatoms. The normalized spacial score (nSPS) is 20.5. The lowest BCUT2D eigenvalue weighted by Crippen LogP contribution is -2.29. The summed E-state index contributed by atoms with van der Waals surface area (Å²) in [5.74, 6) is 0.753. The summed E-state index contributed by atoms with van der Waals surface area (Å²) >= 11 is 0. The Bertz CT molecular complexity index is 2050. The number of aromatic nitrogens is 5. The molecule has 4 heterocycles. The predicted molar refractivity (Wildman–Crippen MR) is 185 cm³/mol. The molecule has 3 aromatic heterocycles. The summed E-state index contributed by atoms with van der Waals surface area (Å²) in [6.45, 7) is 5.75. The topological polar surface area (TPSA) is 134 Å². The van der Waals surface area contributed by atoms with Crippen LogP contribution in [0.5, 0.6) is 0 Å². The number of H-pyrrole nitrogens is 1. The molecular weight excluding hydrogens is 630 g/mol. The summed E-state index contributed by atoms with van der Waals surface area (Å²) in [4.78, 5) is 12.8. The fourth-order valence-electron chi connectivity index (χ4n) is 7.20. The number of halogens is 1. The molecule has 0 unspecified atom stereocenters. The molecule has 1 aliphatic rings. The lowest BCUT2D eigenvalue weighted by atomic mass is 9.75. The number of fused-ring (bicyclic) bond motifs is 8. The van der Waals surface area contributed by atoms with Crippen LogP contribution in [-0.4, -0.2) is 67.6 Å². The van der Waals surface area contributed by atoms with Crippen LogP contribution in [0.1, 0.15) is 73.7 Å². The van der Waals surface area contributed by atoms with E-state index in [0.717, 1.165) is 22.1 Å². The van der Waals surface area contributed by atoms with Crippen molar-refractivity contribution >= 4 is 20.7 Å². The summed E-state index contributed by atoms with van der Waals surface area (Å²) in [6.07, 6.45) is 5.37. The Kier molecular flexibility index (Phi) is 9.32. The second kappa shape index (κ2) is 13.2. The molecule has 0 amide bonds. The van der Waals surface area contributed by atoms with Crippen molar-refractivity contribution in [1.82, 2.24) is 24.7 Å². The van der Waals surface area contributed by atoms with E-state index in [-0.39, 0.29) is 36.8 Å². The van der Waals surface area contributed by atoms with Crippen molar-refractivity contribution in [1.29, 1.82) is 0 Å². The van der Waals surface area contributed by atoms with Gasteiger partial charge in [-0.1, -0.05) is 44.5 Å². The Hall–Kier alpha value is -3.93. The van der Waals surface area contributed by atoms with Crippen LogP contribution in [0.25, 0.3) is 22.4 Å². The number of rotatable bonds is 4. The van der Waals surface area contributed by atoms with E-state index in [1.54, 1.807) is 17.1 Å². The van der Waals surface area contributed by atoms with Gasteiger partial charge in [-0.05, 0) is 83.7 Å². The van der Waals surface area contributed by atoms with Gasteiger partial charge in [-0.15, -0.1) is 0 Å². The SMILES string of the molecule is Cn1nc2nc1-c1cc(ccn1)Cc1c(F)cc3[nH]ccc3c1CCS(=O)(=O)CC(C)(C)CCC[C@]2(C)c1cccc(C[C@@H](O)CO)c1. The quantitative estimate of drug-likeness (QED) is 0.231. The lowest BCUT2D eigenvalue weighted by Gasteiger charge is -2.31. The number of aromatic amines is 1. The number of aryl methyl sites for hydroxylation is 2. The molecule has 9 nitrogen and oxygen atoms in total. The van der Waals surface area contributed by atoms with Crippen LogP contribution in [0.4, 0.5) is 4.39 Å². The smallest absolute Gasteiger partial charge is 0.176 e. The van der Waals surface area contributed by atoms with Gasteiger partial charge in [0.05, 0.1) is 29.6 Å². The molecule has 0 saturated heterocycles. The molecule has 1 aliphatic heterocycles. The molecule has 5 aromatic rings.